The third kappa shape index (κ3) is 7.32. The number of pyridine rings is 2. The Morgan fingerprint density at radius 3 is 2.58 bits per heavy atom. The molecular weight excluding hydrogens is 573 g/mol. The minimum absolute atomic E-state index is 0.0725. The first-order valence-corrected chi connectivity index (χ1v) is 16.8. The van der Waals surface area contributed by atoms with Gasteiger partial charge in [-0.15, -0.1) is 0 Å². The molecule has 3 aromatic heterocycles. The van der Waals surface area contributed by atoms with E-state index in [9.17, 15) is 17.9 Å². The van der Waals surface area contributed by atoms with Gasteiger partial charge in [0.05, 0.1) is 48.2 Å². The Morgan fingerprint density at radius 2 is 1.93 bits per heavy atom. The predicted octanol–water partition coefficient (Wildman–Crippen LogP) is 3.86. The highest BCUT2D eigenvalue weighted by molar-refractivity contribution is 7.90. The number of hydrogen-bond donors (Lipinski definition) is 2. The lowest BCUT2D eigenvalue weighted by Gasteiger charge is -2.48. The molecule has 2 aliphatic rings. The van der Waals surface area contributed by atoms with E-state index >= 15 is 0 Å². The number of hydrogen-bond acceptors (Lipinski definition) is 11. The fourth-order valence-electron chi connectivity index (χ4n) is 5.75. The van der Waals surface area contributed by atoms with Crippen LogP contribution in [0.15, 0.2) is 30.7 Å². The summed E-state index contributed by atoms with van der Waals surface area (Å²) < 4.78 is 44.2. The topological polar surface area (TPSA) is 134 Å². The van der Waals surface area contributed by atoms with Crippen molar-refractivity contribution < 1.29 is 22.7 Å². The maximum absolute atomic E-state index is 14.9. The summed E-state index contributed by atoms with van der Waals surface area (Å²) in [4.78, 5) is 22.5. The van der Waals surface area contributed by atoms with Gasteiger partial charge in [-0.25, -0.2) is 22.8 Å². The summed E-state index contributed by atoms with van der Waals surface area (Å²) >= 11 is 0. The van der Waals surface area contributed by atoms with Gasteiger partial charge in [-0.3, -0.25) is 4.98 Å². The van der Waals surface area contributed by atoms with Crippen molar-refractivity contribution in [3.8, 4) is 0 Å². The molecule has 3 aromatic rings. The van der Waals surface area contributed by atoms with Crippen molar-refractivity contribution in [3.63, 3.8) is 0 Å². The summed E-state index contributed by atoms with van der Waals surface area (Å²) in [5.74, 6) is 1.96. The number of alkyl halides is 1. The number of nitrogens with one attached hydrogen (secondary N) is 1. The molecule has 0 saturated carbocycles. The highest BCUT2D eigenvalue weighted by atomic mass is 32.2. The number of rotatable bonds is 10. The van der Waals surface area contributed by atoms with Gasteiger partial charge in [0.2, 0.25) is 5.95 Å². The van der Waals surface area contributed by atoms with E-state index in [1.165, 1.54) is 6.26 Å². The Morgan fingerprint density at radius 1 is 1.16 bits per heavy atom. The van der Waals surface area contributed by atoms with Gasteiger partial charge >= 0.3 is 0 Å². The van der Waals surface area contributed by atoms with E-state index < -0.39 is 27.7 Å². The lowest BCUT2D eigenvalue weighted by Crippen LogP contribution is -2.57. The van der Waals surface area contributed by atoms with Crippen LogP contribution in [0.25, 0.3) is 10.8 Å². The zero-order valence-corrected chi connectivity index (χ0v) is 26.5. The summed E-state index contributed by atoms with van der Waals surface area (Å²) in [6.45, 7) is 10.9. The molecule has 4 atom stereocenters. The zero-order chi connectivity index (χ0) is 31.1. The Kier molecular flexibility index (Phi) is 8.79. The number of halogens is 1. The summed E-state index contributed by atoms with van der Waals surface area (Å²) in [5, 5.41) is 15.1. The molecule has 43 heavy (non-hydrogen) atoms. The van der Waals surface area contributed by atoms with E-state index in [2.05, 4.69) is 39.0 Å². The van der Waals surface area contributed by atoms with Crippen LogP contribution >= 0.6 is 0 Å². The molecule has 11 nitrogen and oxygen atoms in total. The number of sulfone groups is 1. The van der Waals surface area contributed by atoms with E-state index in [0.717, 1.165) is 22.2 Å². The lowest BCUT2D eigenvalue weighted by molar-refractivity contribution is -0.0806. The van der Waals surface area contributed by atoms with Crippen molar-refractivity contribution in [1.29, 1.82) is 0 Å². The molecule has 234 valence electrons. The highest BCUT2D eigenvalue weighted by Gasteiger charge is 2.38. The molecule has 5 heterocycles. The zero-order valence-electron chi connectivity index (χ0n) is 25.7. The fourth-order valence-corrected chi connectivity index (χ4v) is 6.91. The SMILES string of the molecule is CC(C)c1ncc(N2C[C@H](CS(C)(=O)=O)[C@H]2C)c2cnc(Nc3ccnc(N4CC[C@H](OCC(C)(C)O)[C@H](F)C4)n3)cc12. The van der Waals surface area contributed by atoms with Crippen molar-refractivity contribution in [2.45, 2.75) is 70.9 Å². The number of aromatic nitrogens is 4. The number of ether oxygens (including phenoxy) is 1. The molecule has 0 unspecified atom stereocenters. The van der Waals surface area contributed by atoms with Crippen LogP contribution in [0.3, 0.4) is 0 Å². The molecular formula is C30H42FN7O4S. The molecule has 0 aromatic carbocycles. The van der Waals surface area contributed by atoms with Gasteiger partial charge in [0.1, 0.15) is 27.6 Å². The summed E-state index contributed by atoms with van der Waals surface area (Å²) in [5.41, 5.74) is 0.869. The number of fused-ring (bicyclic) bond motifs is 1. The standard InChI is InChI=1S/C30H42FN7O4S/c1-18(2)28-21-11-27(33-12-22(21)24(13-34-28)38-14-20(19(38)3)16-43(6,40)41)35-26-7-9-32-29(36-26)37-10-8-25(23(31)15-37)42-17-30(4,5)39/h7,9,11-13,18-20,23,25,39H,8,10,14-17H2,1-6H3,(H,32,33,35,36)/t19-,20-,23-,25+/m1/s1. The largest absolute Gasteiger partial charge is 0.388 e. The van der Waals surface area contributed by atoms with E-state index in [1.54, 1.807) is 31.0 Å². The van der Waals surface area contributed by atoms with Crippen LogP contribution in [0.5, 0.6) is 0 Å². The Labute approximate surface area is 252 Å². The van der Waals surface area contributed by atoms with Crippen molar-refractivity contribution in [2.75, 3.05) is 53.4 Å². The normalized spacial score (nSPS) is 23.1. The summed E-state index contributed by atoms with van der Waals surface area (Å²) in [6, 6.07) is 3.78. The third-order valence-corrected chi connectivity index (χ3v) is 9.11. The van der Waals surface area contributed by atoms with E-state index in [1.807, 2.05) is 25.4 Å². The molecule has 0 amide bonds. The Bertz CT molecular complexity index is 1570. The smallest absolute Gasteiger partial charge is 0.227 e. The number of nitrogens with zero attached hydrogens (tertiary/aromatic N) is 6. The molecule has 0 bridgehead atoms. The Hall–Kier alpha value is -3.16. The van der Waals surface area contributed by atoms with E-state index in [0.29, 0.717) is 37.1 Å². The van der Waals surface area contributed by atoms with Gasteiger partial charge < -0.3 is 25.0 Å². The third-order valence-electron chi connectivity index (χ3n) is 8.07. The maximum Gasteiger partial charge on any atom is 0.227 e. The van der Waals surface area contributed by atoms with Crippen LogP contribution in [0.2, 0.25) is 0 Å². The van der Waals surface area contributed by atoms with Gasteiger partial charge in [-0.05, 0) is 45.2 Å². The predicted molar refractivity (Wildman–Crippen MR) is 167 cm³/mol. The van der Waals surface area contributed by atoms with Gasteiger partial charge in [0, 0.05) is 54.5 Å². The summed E-state index contributed by atoms with van der Waals surface area (Å²) in [7, 11) is -3.05. The molecule has 0 spiro atoms. The average molecular weight is 616 g/mol. The summed E-state index contributed by atoms with van der Waals surface area (Å²) in [6.07, 6.45) is 5.26. The fraction of sp³-hybridized carbons (Fsp3) is 0.600. The van der Waals surface area contributed by atoms with Gasteiger partial charge in [0.25, 0.3) is 0 Å². The number of piperidine rings is 1. The monoisotopic (exact) mass is 615 g/mol. The minimum Gasteiger partial charge on any atom is -0.388 e. The molecule has 13 heteroatoms. The van der Waals surface area contributed by atoms with Crippen LogP contribution in [-0.4, -0.2) is 95.6 Å². The quantitative estimate of drug-likeness (QED) is 0.344. The van der Waals surface area contributed by atoms with Crippen LogP contribution in [0.4, 0.5) is 27.7 Å². The first-order chi connectivity index (χ1) is 20.2. The number of aliphatic hydroxyl groups is 1. The molecule has 2 N–H and O–H groups in total. The first-order valence-electron chi connectivity index (χ1n) is 14.7. The van der Waals surface area contributed by atoms with Gasteiger partial charge in [-0.2, -0.15) is 4.98 Å². The first kappa shape index (κ1) is 31.3. The molecule has 5 rings (SSSR count). The lowest BCUT2D eigenvalue weighted by atomic mass is 9.90. The molecule has 0 aliphatic carbocycles. The van der Waals surface area contributed by atoms with E-state index in [4.69, 9.17) is 9.72 Å². The van der Waals surface area contributed by atoms with Crippen LogP contribution < -0.4 is 15.1 Å². The van der Waals surface area contributed by atoms with Gasteiger partial charge in [0.15, 0.2) is 0 Å². The molecule has 2 saturated heterocycles. The minimum atomic E-state index is -3.05. The van der Waals surface area contributed by atoms with Crippen molar-refractivity contribution >= 4 is 43.9 Å². The molecule has 2 aliphatic heterocycles. The number of anilines is 4. The van der Waals surface area contributed by atoms with Crippen molar-refractivity contribution in [2.24, 2.45) is 5.92 Å². The van der Waals surface area contributed by atoms with Crippen molar-refractivity contribution in [1.82, 2.24) is 19.9 Å². The van der Waals surface area contributed by atoms with Gasteiger partial charge in [-0.1, -0.05) is 13.8 Å². The second-order valence-electron chi connectivity index (χ2n) is 12.8. The van der Waals surface area contributed by atoms with Crippen LogP contribution in [-0.2, 0) is 14.6 Å². The van der Waals surface area contributed by atoms with Crippen molar-refractivity contribution in [3.05, 3.63) is 36.4 Å². The second kappa shape index (κ2) is 12.1. The maximum atomic E-state index is 14.9. The average Bonchev–Trinajstić information content (AvgIpc) is 2.92. The van der Waals surface area contributed by atoms with Crippen LogP contribution in [0, 0.1) is 5.92 Å². The second-order valence-corrected chi connectivity index (χ2v) is 15.0. The molecule has 0 radical (unpaired) electrons. The Balaban J connectivity index is 1.33. The highest BCUT2D eigenvalue weighted by Crippen LogP contribution is 2.38. The van der Waals surface area contributed by atoms with E-state index in [-0.39, 0.29) is 36.8 Å². The van der Waals surface area contributed by atoms with Crippen LogP contribution in [0.1, 0.15) is 52.7 Å². The molecule has 2 fully saturated rings.